The molecule has 1 aromatic heterocycles. The molecule has 6 nitrogen and oxygen atoms in total. The Morgan fingerprint density at radius 2 is 2.24 bits per heavy atom. The SMILES string of the molecule is CC(C)Cc1cc(C(=O)NCCN2CCCC2=O)n(C)n1. The summed E-state index contributed by atoms with van der Waals surface area (Å²) in [5.74, 6) is 0.563. The van der Waals surface area contributed by atoms with Crippen LogP contribution in [-0.2, 0) is 18.3 Å². The third-order valence-electron chi connectivity index (χ3n) is 3.62. The minimum absolute atomic E-state index is 0.133. The molecule has 0 aromatic carbocycles. The van der Waals surface area contributed by atoms with Gasteiger partial charge in [0.25, 0.3) is 5.91 Å². The smallest absolute Gasteiger partial charge is 0.269 e. The van der Waals surface area contributed by atoms with Crippen molar-refractivity contribution in [3.05, 3.63) is 17.5 Å². The number of carbonyl (C=O) groups excluding carboxylic acids is 2. The molecule has 21 heavy (non-hydrogen) atoms. The zero-order chi connectivity index (χ0) is 15.4. The molecule has 0 aliphatic carbocycles. The molecular formula is C15H24N4O2. The van der Waals surface area contributed by atoms with E-state index in [9.17, 15) is 9.59 Å². The first-order chi connectivity index (χ1) is 9.97. The number of amides is 2. The molecule has 1 aliphatic rings. The number of aromatic nitrogens is 2. The topological polar surface area (TPSA) is 67.2 Å². The van der Waals surface area contributed by atoms with Gasteiger partial charge in [0.05, 0.1) is 5.69 Å². The lowest BCUT2D eigenvalue weighted by Crippen LogP contribution is -2.36. The van der Waals surface area contributed by atoms with E-state index in [1.54, 1.807) is 16.6 Å². The number of nitrogens with one attached hydrogen (secondary N) is 1. The number of likely N-dealkylation sites (tertiary alicyclic amines) is 1. The highest BCUT2D eigenvalue weighted by atomic mass is 16.2. The van der Waals surface area contributed by atoms with E-state index < -0.39 is 0 Å². The highest BCUT2D eigenvalue weighted by Gasteiger charge is 2.20. The monoisotopic (exact) mass is 292 g/mol. The number of carbonyl (C=O) groups is 2. The van der Waals surface area contributed by atoms with Crippen molar-refractivity contribution in [2.24, 2.45) is 13.0 Å². The Kier molecular flexibility index (Phi) is 4.98. The quantitative estimate of drug-likeness (QED) is 0.849. The molecule has 0 atom stereocenters. The summed E-state index contributed by atoms with van der Waals surface area (Å²) >= 11 is 0. The predicted octanol–water partition coefficient (Wildman–Crippen LogP) is 0.971. The predicted molar refractivity (Wildman–Crippen MR) is 79.9 cm³/mol. The fraction of sp³-hybridized carbons (Fsp3) is 0.667. The number of hydrogen-bond donors (Lipinski definition) is 1. The van der Waals surface area contributed by atoms with Gasteiger partial charge in [-0.15, -0.1) is 0 Å². The number of rotatable bonds is 6. The van der Waals surface area contributed by atoms with Crippen LogP contribution in [0.2, 0.25) is 0 Å². The van der Waals surface area contributed by atoms with Gasteiger partial charge in [0.15, 0.2) is 0 Å². The summed E-state index contributed by atoms with van der Waals surface area (Å²) in [6, 6.07) is 1.84. The van der Waals surface area contributed by atoms with Crippen LogP contribution in [-0.4, -0.2) is 46.1 Å². The van der Waals surface area contributed by atoms with Crippen molar-refractivity contribution in [2.45, 2.75) is 33.1 Å². The highest BCUT2D eigenvalue weighted by Crippen LogP contribution is 2.10. The van der Waals surface area contributed by atoms with Crippen LogP contribution in [0.5, 0.6) is 0 Å². The number of aryl methyl sites for hydroxylation is 1. The first-order valence-electron chi connectivity index (χ1n) is 7.56. The van der Waals surface area contributed by atoms with Crippen LogP contribution < -0.4 is 5.32 Å². The summed E-state index contributed by atoms with van der Waals surface area (Å²) in [6.07, 6.45) is 2.42. The Morgan fingerprint density at radius 1 is 1.48 bits per heavy atom. The zero-order valence-electron chi connectivity index (χ0n) is 13.1. The molecule has 0 radical (unpaired) electrons. The lowest BCUT2D eigenvalue weighted by molar-refractivity contribution is -0.127. The van der Waals surface area contributed by atoms with Crippen LogP contribution in [0.4, 0.5) is 0 Å². The average Bonchev–Trinajstić information content (AvgIpc) is 2.95. The highest BCUT2D eigenvalue weighted by molar-refractivity contribution is 5.92. The van der Waals surface area contributed by atoms with Crippen LogP contribution >= 0.6 is 0 Å². The van der Waals surface area contributed by atoms with E-state index in [1.165, 1.54) is 0 Å². The summed E-state index contributed by atoms with van der Waals surface area (Å²) < 4.78 is 1.62. The van der Waals surface area contributed by atoms with Crippen LogP contribution in [0.3, 0.4) is 0 Å². The summed E-state index contributed by atoms with van der Waals surface area (Å²) in [4.78, 5) is 25.4. The number of hydrogen-bond acceptors (Lipinski definition) is 3. The van der Waals surface area contributed by atoms with Crippen LogP contribution in [0.1, 0.15) is 42.9 Å². The molecular weight excluding hydrogens is 268 g/mol. The maximum absolute atomic E-state index is 12.1. The van der Waals surface area contributed by atoms with Crippen molar-refractivity contribution >= 4 is 11.8 Å². The lowest BCUT2D eigenvalue weighted by Gasteiger charge is -2.15. The molecule has 2 amide bonds. The van der Waals surface area contributed by atoms with E-state index in [0.29, 0.717) is 31.1 Å². The molecule has 0 spiro atoms. The van der Waals surface area contributed by atoms with Gasteiger partial charge in [0.1, 0.15) is 5.69 Å². The van der Waals surface area contributed by atoms with Gasteiger partial charge in [-0.25, -0.2) is 0 Å². The molecule has 2 rings (SSSR count). The van der Waals surface area contributed by atoms with Crippen LogP contribution in [0.25, 0.3) is 0 Å². The standard InChI is InChI=1S/C15H24N4O2/c1-11(2)9-12-10-13(18(3)17-12)15(21)16-6-8-19-7-4-5-14(19)20/h10-11H,4-9H2,1-3H3,(H,16,21). The molecule has 1 saturated heterocycles. The third kappa shape index (κ3) is 4.06. The van der Waals surface area contributed by atoms with E-state index in [-0.39, 0.29) is 11.8 Å². The Morgan fingerprint density at radius 3 is 2.86 bits per heavy atom. The van der Waals surface area contributed by atoms with Gasteiger partial charge in [0, 0.05) is 33.1 Å². The Bertz CT molecular complexity index is 522. The molecule has 6 heteroatoms. The van der Waals surface area contributed by atoms with Crippen molar-refractivity contribution in [2.75, 3.05) is 19.6 Å². The lowest BCUT2D eigenvalue weighted by atomic mass is 10.1. The van der Waals surface area contributed by atoms with Gasteiger partial charge in [-0.2, -0.15) is 5.10 Å². The van der Waals surface area contributed by atoms with Gasteiger partial charge in [-0.1, -0.05) is 13.8 Å². The summed E-state index contributed by atoms with van der Waals surface area (Å²) in [7, 11) is 1.78. The first-order valence-corrected chi connectivity index (χ1v) is 7.56. The molecule has 0 unspecified atom stereocenters. The minimum Gasteiger partial charge on any atom is -0.349 e. The largest absolute Gasteiger partial charge is 0.349 e. The van der Waals surface area contributed by atoms with E-state index in [1.807, 2.05) is 6.07 Å². The fourth-order valence-electron chi connectivity index (χ4n) is 2.59. The van der Waals surface area contributed by atoms with Gasteiger partial charge < -0.3 is 10.2 Å². The number of nitrogens with zero attached hydrogens (tertiary/aromatic N) is 3. The zero-order valence-corrected chi connectivity index (χ0v) is 13.1. The molecule has 2 heterocycles. The molecule has 116 valence electrons. The molecule has 1 aromatic rings. The second kappa shape index (κ2) is 6.74. The average molecular weight is 292 g/mol. The molecule has 1 fully saturated rings. The summed E-state index contributed by atoms with van der Waals surface area (Å²) in [5.41, 5.74) is 1.51. The van der Waals surface area contributed by atoms with Crippen molar-refractivity contribution in [3.63, 3.8) is 0 Å². The van der Waals surface area contributed by atoms with Crippen LogP contribution in [0, 0.1) is 5.92 Å². The molecule has 0 saturated carbocycles. The fourth-order valence-corrected chi connectivity index (χ4v) is 2.59. The van der Waals surface area contributed by atoms with Crippen molar-refractivity contribution in [3.8, 4) is 0 Å². The Balaban J connectivity index is 1.85. The van der Waals surface area contributed by atoms with E-state index in [4.69, 9.17) is 0 Å². The summed E-state index contributed by atoms with van der Waals surface area (Å²) in [5, 5.41) is 7.22. The van der Waals surface area contributed by atoms with Gasteiger partial charge in [-0.05, 0) is 24.8 Å². The molecule has 1 aliphatic heterocycles. The molecule has 1 N–H and O–H groups in total. The second-order valence-corrected chi connectivity index (χ2v) is 5.98. The van der Waals surface area contributed by atoms with Crippen molar-refractivity contribution < 1.29 is 9.59 Å². The maximum atomic E-state index is 12.1. The Labute approximate surface area is 125 Å². The van der Waals surface area contributed by atoms with Gasteiger partial charge in [0.2, 0.25) is 5.91 Å². The van der Waals surface area contributed by atoms with Crippen molar-refractivity contribution in [1.82, 2.24) is 20.0 Å². The Hall–Kier alpha value is -1.85. The van der Waals surface area contributed by atoms with Gasteiger partial charge >= 0.3 is 0 Å². The van der Waals surface area contributed by atoms with E-state index in [0.717, 1.165) is 25.1 Å². The summed E-state index contributed by atoms with van der Waals surface area (Å²) in [6.45, 7) is 6.12. The third-order valence-corrected chi connectivity index (χ3v) is 3.62. The normalized spacial score (nSPS) is 15.0. The first kappa shape index (κ1) is 15.5. The molecule has 0 bridgehead atoms. The van der Waals surface area contributed by atoms with Crippen molar-refractivity contribution in [1.29, 1.82) is 0 Å². The minimum atomic E-state index is -0.133. The van der Waals surface area contributed by atoms with Gasteiger partial charge in [-0.3, -0.25) is 14.3 Å². The van der Waals surface area contributed by atoms with E-state index >= 15 is 0 Å². The second-order valence-electron chi connectivity index (χ2n) is 5.98. The van der Waals surface area contributed by atoms with E-state index in [2.05, 4.69) is 24.3 Å². The maximum Gasteiger partial charge on any atom is 0.269 e. The van der Waals surface area contributed by atoms with Crippen LogP contribution in [0.15, 0.2) is 6.07 Å².